The smallest absolute Gasteiger partial charge is 0.364 e. The molecule has 127 heavy (non-hydrogen) atoms. The van der Waals surface area contributed by atoms with Crippen LogP contribution in [-0.2, 0) is 85.6 Å². The maximum absolute atomic E-state index is 14.4. The van der Waals surface area contributed by atoms with Crippen molar-refractivity contribution in [3.63, 3.8) is 0 Å². The number of nitrogens with one attached hydrogen (secondary N) is 4. The van der Waals surface area contributed by atoms with Gasteiger partial charge in [-0.2, -0.15) is 0 Å². The summed E-state index contributed by atoms with van der Waals surface area (Å²) in [6.45, 7) is -0.998. The molecule has 0 radical (unpaired) electrons. The molecule has 0 aliphatic carbocycles. The van der Waals surface area contributed by atoms with E-state index in [1.807, 2.05) is 0 Å². The summed E-state index contributed by atoms with van der Waals surface area (Å²) in [5, 5.41) is 247. The van der Waals surface area contributed by atoms with Crippen LogP contribution in [0.3, 0.4) is 0 Å². The number of amides is 4. The number of aliphatic carboxylic acids is 2. The zero-order chi connectivity index (χ0) is 93.8. The van der Waals surface area contributed by atoms with E-state index in [-0.39, 0.29) is 6.42 Å². The SMILES string of the molecule is CCCCCCCCCCCCC/C=C/[C@@H](O)[C@H](CO[C@@H]1O[C@H](CO)[C@@H](O[C@@H]2O[C@H](CO)[C@H](O[C@@H]3O[C@H](CO)[C@H](O)[C@H](O[C@@H]4O[C@H](CO)[C@H](O)[C@H](O)[C@H]4O)[C@H]3NC(C)=O)[C@H](O[C@]3(C(=O)O)C[C@H](O)[C@@H](NC(C)=O)[C@H]([C@H](O)[C@@H](CO)O[C@]4(C(=O)O)C[C@H](O)[C@@H](NC(C)=O)[C@H]([C@H](O)[C@H](O)CO)O4)O3)[C@H]2O)[C@H](O)[C@H]1O)NC(=O)CCCCCCCCCCCCCCCCC. The van der Waals surface area contributed by atoms with E-state index in [0.29, 0.717) is 12.8 Å². The molecule has 34 atom stereocenters. The van der Waals surface area contributed by atoms with Gasteiger partial charge in [-0.1, -0.05) is 180 Å². The second kappa shape index (κ2) is 56.5. The molecule has 6 saturated heterocycles. The summed E-state index contributed by atoms with van der Waals surface area (Å²) < 4.78 is 72.2. The molecular weight excluding hydrogens is 1690 g/mol. The molecule has 0 aromatic carbocycles. The predicted molar refractivity (Wildman–Crippen MR) is 440 cm³/mol. The van der Waals surface area contributed by atoms with Crippen LogP contribution in [0.5, 0.6) is 0 Å². The lowest BCUT2D eigenvalue weighted by Gasteiger charge is -2.53. The normalized spacial score (nSPS) is 35.1. The van der Waals surface area contributed by atoms with Crippen molar-refractivity contribution in [1.29, 1.82) is 0 Å². The summed E-state index contributed by atoms with van der Waals surface area (Å²) in [6, 6.07) is -7.14. The minimum Gasteiger partial charge on any atom is -0.477 e. The average molecular weight is 1840 g/mol. The van der Waals surface area contributed by atoms with E-state index in [4.69, 9.17) is 56.8 Å². The maximum atomic E-state index is 14.4. The summed E-state index contributed by atoms with van der Waals surface area (Å²) >= 11 is 0. The Morgan fingerprint density at radius 3 is 1.32 bits per heavy atom. The van der Waals surface area contributed by atoms with Crippen LogP contribution in [0.4, 0.5) is 0 Å². The summed E-state index contributed by atoms with van der Waals surface area (Å²) in [6.07, 6.45) is -32.1. The number of carboxylic acid groups (broad SMARTS) is 2. The van der Waals surface area contributed by atoms with Gasteiger partial charge in [-0.25, -0.2) is 9.59 Å². The van der Waals surface area contributed by atoms with Crippen LogP contribution in [0, 0.1) is 0 Å². The topological polar surface area (TPSA) is 686 Å². The highest BCUT2D eigenvalue weighted by Crippen LogP contribution is 2.43. The molecule has 4 amide bonds. The van der Waals surface area contributed by atoms with Gasteiger partial charge in [0.1, 0.15) is 134 Å². The molecule has 43 nitrogen and oxygen atoms in total. The summed E-state index contributed by atoms with van der Waals surface area (Å²) in [5.41, 5.74) is 0. The van der Waals surface area contributed by atoms with Crippen LogP contribution in [-0.4, -0.2) is 396 Å². The van der Waals surface area contributed by atoms with E-state index < -0.39 is 302 Å². The first-order valence-electron chi connectivity index (χ1n) is 45.2. The van der Waals surface area contributed by atoms with Crippen LogP contribution in [0.15, 0.2) is 12.2 Å². The highest BCUT2D eigenvalue weighted by Gasteiger charge is 2.64. The van der Waals surface area contributed by atoms with Crippen LogP contribution < -0.4 is 21.3 Å². The Kier molecular flexibility index (Phi) is 49.4. The molecule has 0 saturated carbocycles. The van der Waals surface area contributed by atoms with Gasteiger partial charge in [-0.05, 0) is 19.3 Å². The van der Waals surface area contributed by atoms with Crippen LogP contribution in [0.2, 0.25) is 0 Å². The quantitative estimate of drug-likeness (QED) is 0.0205. The maximum Gasteiger partial charge on any atom is 0.364 e. The molecule has 0 bridgehead atoms. The molecule has 43 heteroatoms. The Labute approximate surface area is 740 Å². The zero-order valence-corrected chi connectivity index (χ0v) is 73.5. The molecule has 6 aliphatic rings. The molecular formula is C84H148N4O39. The van der Waals surface area contributed by atoms with Crippen molar-refractivity contribution in [2.45, 2.75) is 435 Å². The van der Waals surface area contributed by atoms with E-state index in [0.717, 1.165) is 85.0 Å². The largest absolute Gasteiger partial charge is 0.477 e. The van der Waals surface area contributed by atoms with Crippen molar-refractivity contribution in [3.05, 3.63) is 12.2 Å². The standard InChI is InChI=1S/C84H148N4O39/c1-6-8-10-12-14-16-18-20-21-23-25-27-29-31-33-35-58(102)88-48(49(98)34-32-30-28-26-24-22-19-17-15-13-11-9-7-2)44-116-78-69(110)67(108)71(56(42-93)119-78)121-80-70(111)76(72(57(43-94)120-80)122-77-61(87-47(5)97)73(64(105)54(40-91)117-77)123-79-68(109)66(107)63(104)53(39-90)118-79)127-84(82(114)115)37-51(100)60(86-46(4)96)75(126-84)65(106)55(41-92)124-83(81(112)113)36-50(99)59(85-45(3)95)74(125-83)62(103)52(101)38-89/h32,34,48-57,59-80,89-94,98-101,103-111H,6-31,33,35-44H2,1-5H3,(H,85,95)(H,86,96)(H,87,97)(H,88,102)(H,112,113)(H,114,115)/b34-32+/t48-,49+,50-,51-,52+,53+,54+,55+,56+,57+,59+,60+,61+,62+,63-,64-,65+,66-,67+,68+,69+,70+,71+,72-,73+,74+,75+,76+,77-,78+,79-,80-,83+,84-/m0/s1. The van der Waals surface area contributed by atoms with E-state index in [1.54, 1.807) is 6.08 Å². The Balaban J connectivity index is 1.33. The Hall–Kier alpha value is -4.68. The second-order valence-corrected chi connectivity index (χ2v) is 34.2. The van der Waals surface area contributed by atoms with Gasteiger partial charge in [0.25, 0.3) is 11.6 Å². The lowest BCUT2D eigenvalue weighted by molar-refractivity contribution is -0.404. The van der Waals surface area contributed by atoms with E-state index in [1.165, 1.54) is 102 Å². The number of unbranched alkanes of at least 4 members (excludes halogenated alkanes) is 25. The van der Waals surface area contributed by atoms with Gasteiger partial charge in [-0.15, -0.1) is 0 Å². The van der Waals surface area contributed by atoms with Crippen molar-refractivity contribution in [1.82, 2.24) is 21.3 Å². The van der Waals surface area contributed by atoms with Gasteiger partial charge < -0.3 is 185 Å². The van der Waals surface area contributed by atoms with Crippen molar-refractivity contribution >= 4 is 35.6 Å². The number of ether oxygens (including phenoxy) is 12. The number of aliphatic hydroxyl groups excluding tert-OH is 19. The van der Waals surface area contributed by atoms with Crippen LogP contribution in [0.25, 0.3) is 0 Å². The molecule has 6 aliphatic heterocycles. The first-order chi connectivity index (χ1) is 60.6. The number of rotatable bonds is 59. The fourth-order valence-electron chi connectivity index (χ4n) is 16.9. The highest BCUT2D eigenvalue weighted by molar-refractivity contribution is 5.78. The minimum absolute atomic E-state index is 0.0856. The highest BCUT2D eigenvalue weighted by atomic mass is 16.8. The van der Waals surface area contributed by atoms with Gasteiger partial charge >= 0.3 is 11.9 Å². The van der Waals surface area contributed by atoms with E-state index >= 15 is 0 Å². The summed E-state index contributed by atoms with van der Waals surface area (Å²) in [4.78, 5) is 80.3. The second-order valence-electron chi connectivity index (χ2n) is 34.2. The number of allylic oxidation sites excluding steroid dienone is 1. The zero-order valence-electron chi connectivity index (χ0n) is 73.5. The molecule has 0 unspecified atom stereocenters. The first-order valence-corrected chi connectivity index (χ1v) is 45.2. The number of carboxylic acids is 2. The molecule has 0 aromatic rings. The number of aliphatic hydroxyl groups is 19. The number of carbonyl (C=O) groups excluding carboxylic acids is 4. The first kappa shape index (κ1) is 111. The molecule has 6 fully saturated rings. The fourth-order valence-corrected chi connectivity index (χ4v) is 16.9. The third-order valence-electron chi connectivity index (χ3n) is 24.1. The third-order valence-corrected chi connectivity index (χ3v) is 24.1. The molecule has 6 rings (SSSR count). The van der Waals surface area contributed by atoms with E-state index in [9.17, 15) is 136 Å². The Morgan fingerprint density at radius 2 is 0.835 bits per heavy atom. The molecule has 0 aromatic heterocycles. The minimum atomic E-state index is -3.69. The van der Waals surface area contributed by atoms with Crippen molar-refractivity contribution in [2.24, 2.45) is 0 Å². The van der Waals surface area contributed by atoms with Gasteiger partial charge in [0.05, 0.1) is 82.7 Å². The van der Waals surface area contributed by atoms with Gasteiger partial charge in [-0.3, -0.25) is 19.2 Å². The third kappa shape index (κ3) is 32.6. The van der Waals surface area contributed by atoms with Gasteiger partial charge in [0, 0.05) is 40.0 Å². The lowest BCUT2D eigenvalue weighted by Crippen LogP contribution is -2.73. The fraction of sp³-hybridized carbons (Fsp3) is 0.905. The van der Waals surface area contributed by atoms with Crippen LogP contribution >= 0.6 is 0 Å². The average Bonchev–Trinajstić information content (AvgIpc) is 0.742. The van der Waals surface area contributed by atoms with E-state index in [2.05, 4.69) is 35.1 Å². The van der Waals surface area contributed by atoms with Crippen LogP contribution in [0.1, 0.15) is 227 Å². The number of hydrogen-bond donors (Lipinski definition) is 25. The molecule has 6 heterocycles. The monoisotopic (exact) mass is 1840 g/mol. The van der Waals surface area contributed by atoms with Gasteiger partial charge in [0.15, 0.2) is 25.2 Å². The number of carbonyl (C=O) groups is 6. The molecule has 0 spiro atoms. The van der Waals surface area contributed by atoms with Crippen molar-refractivity contribution in [3.8, 4) is 0 Å². The number of hydrogen-bond acceptors (Lipinski definition) is 37. The Bertz CT molecular complexity index is 3200. The molecule has 25 N–H and O–H groups in total. The lowest BCUT2D eigenvalue weighted by atomic mass is 9.87. The van der Waals surface area contributed by atoms with Gasteiger partial charge in [0.2, 0.25) is 23.6 Å². The predicted octanol–water partition coefficient (Wildman–Crippen LogP) is -3.87. The summed E-state index contributed by atoms with van der Waals surface area (Å²) in [5.74, 6) is -15.0. The summed E-state index contributed by atoms with van der Waals surface area (Å²) in [7, 11) is 0. The molecule has 738 valence electrons. The Morgan fingerprint density at radius 1 is 0.425 bits per heavy atom. The van der Waals surface area contributed by atoms with Crippen molar-refractivity contribution in [2.75, 3.05) is 46.2 Å². The van der Waals surface area contributed by atoms with Crippen molar-refractivity contribution < 1.29 is 193 Å².